The van der Waals surface area contributed by atoms with Gasteiger partial charge in [-0.05, 0) is 37.4 Å². The van der Waals surface area contributed by atoms with Crippen molar-refractivity contribution in [2.45, 2.75) is 13.8 Å². The van der Waals surface area contributed by atoms with Gasteiger partial charge in [0.1, 0.15) is 0 Å². The third kappa shape index (κ3) is 4.61. The van der Waals surface area contributed by atoms with Crippen molar-refractivity contribution in [3.8, 4) is 16.3 Å². The van der Waals surface area contributed by atoms with Crippen LogP contribution in [0.4, 0.5) is 11.4 Å². The van der Waals surface area contributed by atoms with Crippen molar-refractivity contribution < 1.29 is 4.92 Å². The van der Waals surface area contributed by atoms with Crippen molar-refractivity contribution in [1.82, 2.24) is 14.0 Å². The van der Waals surface area contributed by atoms with Gasteiger partial charge in [-0.3, -0.25) is 19.6 Å². The number of benzene rings is 2. The second kappa shape index (κ2) is 9.96. The van der Waals surface area contributed by atoms with Crippen LogP contribution >= 0.6 is 22.7 Å². The van der Waals surface area contributed by atoms with Crippen LogP contribution in [0.5, 0.6) is 0 Å². The molecule has 0 amide bonds. The maximum absolute atomic E-state index is 13.5. The summed E-state index contributed by atoms with van der Waals surface area (Å²) in [6.07, 6.45) is 0. The van der Waals surface area contributed by atoms with Gasteiger partial charge in [0.05, 0.1) is 32.6 Å². The smallest absolute Gasteiger partial charge is 0.283 e. The van der Waals surface area contributed by atoms with Gasteiger partial charge in [0, 0.05) is 30.1 Å². The van der Waals surface area contributed by atoms with Gasteiger partial charge in [-0.25, -0.2) is 14.4 Å². The molecule has 0 radical (unpaired) electrons. The number of non-ortho nitro benzene ring substituents is 1. The van der Waals surface area contributed by atoms with Crippen LogP contribution in [-0.4, -0.2) is 24.7 Å². The molecule has 2 aromatic carbocycles. The van der Waals surface area contributed by atoms with Gasteiger partial charge in [-0.1, -0.05) is 36.4 Å². The van der Waals surface area contributed by atoms with E-state index in [9.17, 15) is 14.9 Å². The zero-order valence-electron chi connectivity index (χ0n) is 20.2. The number of nitrogens with zero attached hydrogens (tertiary/aromatic N) is 6. The molecule has 0 aliphatic carbocycles. The Bertz CT molecular complexity index is 1760. The minimum Gasteiger partial charge on any atom is -0.283 e. The summed E-state index contributed by atoms with van der Waals surface area (Å²) in [5.41, 5.74) is 3.56. The van der Waals surface area contributed by atoms with Gasteiger partial charge in [0.2, 0.25) is 4.80 Å². The Morgan fingerprint density at radius 3 is 2.51 bits per heavy atom. The highest BCUT2D eigenvalue weighted by atomic mass is 32.1. The number of thiazole rings is 1. The average Bonchev–Trinajstić information content (AvgIpc) is 3.61. The van der Waals surface area contributed by atoms with Gasteiger partial charge in [0.15, 0.2) is 5.69 Å². The number of aromatic nitrogens is 3. The summed E-state index contributed by atoms with van der Waals surface area (Å²) >= 11 is 2.94. The van der Waals surface area contributed by atoms with E-state index < -0.39 is 4.92 Å². The molecule has 3 heterocycles. The predicted molar refractivity (Wildman–Crippen MR) is 147 cm³/mol. The molecule has 0 aliphatic heterocycles. The molecule has 0 unspecified atom stereocenters. The summed E-state index contributed by atoms with van der Waals surface area (Å²) in [5, 5.41) is 20.0. The number of para-hydroxylation sites is 1. The van der Waals surface area contributed by atoms with Crippen LogP contribution in [0.2, 0.25) is 0 Å². The summed E-state index contributed by atoms with van der Waals surface area (Å²) in [6, 6.07) is 19.7. The van der Waals surface area contributed by atoms with E-state index in [1.165, 1.54) is 23.5 Å². The van der Waals surface area contributed by atoms with E-state index in [0.717, 1.165) is 16.3 Å². The molecular formula is C26H22N6O3S2. The Labute approximate surface area is 219 Å². The monoisotopic (exact) mass is 530 g/mol. The minimum atomic E-state index is -0.428. The maximum atomic E-state index is 13.5. The van der Waals surface area contributed by atoms with Gasteiger partial charge >= 0.3 is 0 Å². The van der Waals surface area contributed by atoms with Crippen LogP contribution < -0.4 is 10.4 Å². The summed E-state index contributed by atoms with van der Waals surface area (Å²) in [4.78, 5) is 30.6. The van der Waals surface area contributed by atoms with E-state index in [0.29, 0.717) is 27.5 Å². The fourth-order valence-electron chi connectivity index (χ4n) is 3.90. The molecule has 0 bridgehead atoms. The summed E-state index contributed by atoms with van der Waals surface area (Å²) in [6.45, 7) is 3.65. The standard InChI is InChI=1S/C26H22N6O3S2/c1-17(19-9-7-12-21(15-19)32(34)35)28-30-22(23-13-8-14-36-23)16-37-26(30)27-24-18(2)29(3)31(25(24)33)20-10-5-4-6-11-20/h4-16H,1-3H3. The van der Waals surface area contributed by atoms with E-state index in [2.05, 4.69) is 0 Å². The highest BCUT2D eigenvalue weighted by Gasteiger charge is 2.17. The Morgan fingerprint density at radius 1 is 1.03 bits per heavy atom. The highest BCUT2D eigenvalue weighted by Crippen LogP contribution is 2.26. The Morgan fingerprint density at radius 2 is 1.81 bits per heavy atom. The first kappa shape index (κ1) is 24.3. The first-order valence-electron chi connectivity index (χ1n) is 11.3. The number of hydrogen-bond donors (Lipinski definition) is 0. The number of hydrogen-bond acceptors (Lipinski definition) is 7. The summed E-state index contributed by atoms with van der Waals surface area (Å²) in [7, 11) is 1.83. The lowest BCUT2D eigenvalue weighted by molar-refractivity contribution is -0.384. The van der Waals surface area contributed by atoms with E-state index in [-0.39, 0.29) is 11.2 Å². The Hall–Kier alpha value is -4.35. The van der Waals surface area contributed by atoms with Crippen molar-refractivity contribution in [3.63, 3.8) is 0 Å². The number of rotatable bonds is 6. The van der Waals surface area contributed by atoms with Crippen molar-refractivity contribution >= 4 is 39.8 Å². The van der Waals surface area contributed by atoms with E-state index >= 15 is 0 Å². The van der Waals surface area contributed by atoms with Crippen LogP contribution in [0, 0.1) is 17.0 Å². The maximum Gasteiger partial charge on any atom is 0.297 e. The second-order valence-electron chi connectivity index (χ2n) is 8.21. The lowest BCUT2D eigenvalue weighted by Gasteiger charge is -2.07. The normalized spacial score (nSPS) is 12.3. The fourth-order valence-corrected chi connectivity index (χ4v) is 5.53. The molecule has 0 saturated heterocycles. The molecule has 5 aromatic rings. The largest absolute Gasteiger partial charge is 0.297 e. The Kier molecular flexibility index (Phi) is 6.55. The highest BCUT2D eigenvalue weighted by molar-refractivity contribution is 7.14. The summed E-state index contributed by atoms with van der Waals surface area (Å²) in [5.74, 6) is 0. The zero-order valence-corrected chi connectivity index (χ0v) is 21.9. The molecule has 37 heavy (non-hydrogen) atoms. The first-order chi connectivity index (χ1) is 17.8. The van der Waals surface area contributed by atoms with Crippen molar-refractivity contribution in [2.75, 3.05) is 0 Å². The minimum absolute atomic E-state index is 0.00728. The molecule has 0 atom stereocenters. The van der Waals surface area contributed by atoms with Crippen LogP contribution in [0.3, 0.4) is 0 Å². The molecule has 5 rings (SSSR count). The molecular weight excluding hydrogens is 508 g/mol. The van der Waals surface area contributed by atoms with Gasteiger partial charge in [-0.2, -0.15) is 5.10 Å². The molecule has 3 aromatic heterocycles. The molecule has 0 N–H and O–H groups in total. The zero-order chi connectivity index (χ0) is 26.1. The van der Waals surface area contributed by atoms with Gasteiger partial charge < -0.3 is 0 Å². The van der Waals surface area contributed by atoms with Crippen LogP contribution in [0.15, 0.2) is 92.4 Å². The quantitative estimate of drug-likeness (QED) is 0.165. The lowest BCUT2D eigenvalue weighted by atomic mass is 10.1. The van der Waals surface area contributed by atoms with E-state index in [4.69, 9.17) is 10.1 Å². The molecule has 0 saturated carbocycles. The second-order valence-corrected chi connectivity index (χ2v) is 9.99. The fraction of sp³-hybridized carbons (Fsp3) is 0.115. The number of thiophene rings is 1. The van der Waals surface area contributed by atoms with E-state index in [1.54, 1.807) is 44.4 Å². The van der Waals surface area contributed by atoms with Gasteiger partial charge in [-0.15, -0.1) is 22.7 Å². The van der Waals surface area contributed by atoms with Crippen molar-refractivity contribution in [3.05, 3.63) is 114 Å². The Balaban J connectivity index is 1.70. The van der Waals surface area contributed by atoms with Crippen molar-refractivity contribution in [1.29, 1.82) is 0 Å². The molecule has 11 heteroatoms. The SMILES string of the molecule is CC(=Nn1c(-c2cccs2)csc1=Nc1c(C)n(C)n(-c2ccccc2)c1=O)c1cccc([N+](=O)[O-])c1. The molecule has 0 spiro atoms. The van der Waals surface area contributed by atoms with E-state index in [1.807, 2.05) is 67.2 Å². The average molecular weight is 531 g/mol. The van der Waals surface area contributed by atoms with Crippen molar-refractivity contribution in [2.24, 2.45) is 17.1 Å². The van der Waals surface area contributed by atoms with Crippen LogP contribution in [0.25, 0.3) is 16.3 Å². The topological polar surface area (TPSA) is 99.7 Å². The number of nitro groups is 1. The predicted octanol–water partition coefficient (Wildman–Crippen LogP) is 5.49. The third-order valence-corrected chi connectivity index (χ3v) is 7.62. The molecule has 0 aliphatic rings. The third-order valence-electron chi connectivity index (χ3n) is 5.91. The lowest BCUT2D eigenvalue weighted by Crippen LogP contribution is -2.20. The van der Waals surface area contributed by atoms with Crippen LogP contribution in [0.1, 0.15) is 18.2 Å². The number of nitro benzene ring substituents is 1. The molecule has 186 valence electrons. The van der Waals surface area contributed by atoms with Gasteiger partial charge in [0.25, 0.3) is 11.2 Å². The molecule has 0 fully saturated rings. The van der Waals surface area contributed by atoms with Crippen LogP contribution in [-0.2, 0) is 7.05 Å². The first-order valence-corrected chi connectivity index (χ1v) is 13.0. The molecule has 9 nitrogen and oxygen atoms in total. The summed E-state index contributed by atoms with van der Waals surface area (Å²) < 4.78 is 5.07.